The second kappa shape index (κ2) is 3.77. The van der Waals surface area contributed by atoms with E-state index in [1.165, 1.54) is 0 Å². The molecule has 0 aliphatic rings. The number of benzene rings is 1. The molecule has 0 fully saturated rings. The van der Waals surface area contributed by atoms with Gasteiger partial charge < -0.3 is 4.74 Å². The molecule has 1 rings (SSSR count). The molecule has 4 N–H and O–H groups in total. The molecule has 72 valence electrons. The van der Waals surface area contributed by atoms with Crippen LogP contribution in [0.1, 0.15) is 13.8 Å². The Labute approximate surface area is 78.7 Å². The van der Waals surface area contributed by atoms with Crippen molar-refractivity contribution >= 4 is 0 Å². The highest BCUT2D eigenvalue weighted by Gasteiger charge is 2.25. The summed E-state index contributed by atoms with van der Waals surface area (Å²) in [6.07, 6.45) is 0. The normalized spacial score (nSPS) is 11.8. The van der Waals surface area contributed by atoms with E-state index in [4.69, 9.17) is 16.2 Å². The lowest BCUT2D eigenvalue weighted by Crippen LogP contribution is -2.58. The molecule has 1 aromatic rings. The van der Waals surface area contributed by atoms with E-state index in [1.807, 2.05) is 44.2 Å². The molecular formula is C10H16N2O. The fourth-order valence-electron chi connectivity index (χ4n) is 0.811. The van der Waals surface area contributed by atoms with Crippen LogP contribution in [0.5, 0.6) is 5.75 Å². The van der Waals surface area contributed by atoms with Crippen LogP contribution in [0.15, 0.2) is 30.3 Å². The van der Waals surface area contributed by atoms with Gasteiger partial charge in [0.25, 0.3) is 0 Å². The van der Waals surface area contributed by atoms with Crippen molar-refractivity contribution in [1.82, 2.24) is 0 Å². The van der Waals surface area contributed by atoms with Crippen molar-refractivity contribution in [2.24, 2.45) is 17.4 Å². The SMILES string of the molecule is CC(C)C(N)(N)Oc1ccccc1. The molecule has 0 amide bonds. The molecule has 0 aliphatic heterocycles. The molecule has 0 saturated carbocycles. The van der Waals surface area contributed by atoms with Crippen molar-refractivity contribution in [1.29, 1.82) is 0 Å². The number of ether oxygens (including phenoxy) is 1. The van der Waals surface area contributed by atoms with Crippen molar-refractivity contribution in [3.8, 4) is 5.75 Å². The van der Waals surface area contributed by atoms with Crippen molar-refractivity contribution in [2.75, 3.05) is 0 Å². The Hall–Kier alpha value is -1.06. The Kier molecular flexibility index (Phi) is 2.90. The van der Waals surface area contributed by atoms with Gasteiger partial charge in [0, 0.05) is 5.92 Å². The second-order valence-electron chi connectivity index (χ2n) is 3.42. The monoisotopic (exact) mass is 180 g/mol. The third-order valence-electron chi connectivity index (χ3n) is 1.94. The molecular weight excluding hydrogens is 164 g/mol. The van der Waals surface area contributed by atoms with Crippen molar-refractivity contribution in [3.05, 3.63) is 30.3 Å². The largest absolute Gasteiger partial charge is 0.460 e. The molecule has 0 radical (unpaired) electrons. The van der Waals surface area contributed by atoms with E-state index in [-0.39, 0.29) is 5.92 Å². The Morgan fingerprint density at radius 3 is 2.15 bits per heavy atom. The van der Waals surface area contributed by atoms with Gasteiger partial charge in [-0.1, -0.05) is 32.0 Å². The van der Waals surface area contributed by atoms with Gasteiger partial charge in [0.15, 0.2) is 0 Å². The minimum atomic E-state index is -1.10. The smallest absolute Gasteiger partial charge is 0.215 e. The van der Waals surface area contributed by atoms with Crippen LogP contribution in [0.3, 0.4) is 0 Å². The van der Waals surface area contributed by atoms with Gasteiger partial charge in [-0.3, -0.25) is 11.5 Å². The fraction of sp³-hybridized carbons (Fsp3) is 0.400. The molecule has 0 atom stereocenters. The Balaban J connectivity index is 2.69. The van der Waals surface area contributed by atoms with Crippen molar-refractivity contribution < 1.29 is 4.74 Å². The molecule has 0 aromatic heterocycles. The van der Waals surface area contributed by atoms with Gasteiger partial charge in [-0.05, 0) is 12.1 Å². The average Bonchev–Trinajstić information content (AvgIpc) is 2.05. The second-order valence-corrected chi connectivity index (χ2v) is 3.42. The molecule has 0 unspecified atom stereocenters. The van der Waals surface area contributed by atoms with Crippen LogP contribution in [0.25, 0.3) is 0 Å². The summed E-state index contributed by atoms with van der Waals surface area (Å²) in [6, 6.07) is 9.34. The van der Waals surface area contributed by atoms with Gasteiger partial charge in [-0.15, -0.1) is 0 Å². The first-order valence-corrected chi connectivity index (χ1v) is 4.34. The number of para-hydroxylation sites is 1. The zero-order chi connectivity index (χ0) is 9.90. The molecule has 0 bridgehead atoms. The molecule has 0 aliphatic carbocycles. The summed E-state index contributed by atoms with van der Waals surface area (Å²) in [6.45, 7) is 3.84. The van der Waals surface area contributed by atoms with E-state index in [0.29, 0.717) is 5.75 Å². The third-order valence-corrected chi connectivity index (χ3v) is 1.94. The summed E-state index contributed by atoms with van der Waals surface area (Å²) in [5, 5.41) is 0. The van der Waals surface area contributed by atoms with Crippen molar-refractivity contribution in [3.63, 3.8) is 0 Å². The van der Waals surface area contributed by atoms with Crippen LogP contribution < -0.4 is 16.2 Å². The van der Waals surface area contributed by atoms with E-state index in [9.17, 15) is 0 Å². The molecule has 3 heteroatoms. The highest BCUT2D eigenvalue weighted by molar-refractivity contribution is 5.21. The summed E-state index contributed by atoms with van der Waals surface area (Å²) in [4.78, 5) is 0. The van der Waals surface area contributed by atoms with E-state index >= 15 is 0 Å². The fourth-order valence-corrected chi connectivity index (χ4v) is 0.811. The first-order valence-electron chi connectivity index (χ1n) is 4.34. The highest BCUT2D eigenvalue weighted by Crippen LogP contribution is 2.16. The maximum Gasteiger partial charge on any atom is 0.215 e. The molecule has 13 heavy (non-hydrogen) atoms. The highest BCUT2D eigenvalue weighted by atomic mass is 16.5. The summed E-state index contributed by atoms with van der Waals surface area (Å²) in [7, 11) is 0. The first kappa shape index (κ1) is 10.0. The third kappa shape index (κ3) is 2.72. The van der Waals surface area contributed by atoms with E-state index in [0.717, 1.165) is 0 Å². The van der Waals surface area contributed by atoms with Gasteiger partial charge in [0.1, 0.15) is 5.75 Å². The van der Waals surface area contributed by atoms with E-state index in [1.54, 1.807) is 0 Å². The van der Waals surface area contributed by atoms with E-state index in [2.05, 4.69) is 0 Å². The Morgan fingerprint density at radius 1 is 1.15 bits per heavy atom. The first-order chi connectivity index (χ1) is 6.02. The summed E-state index contributed by atoms with van der Waals surface area (Å²) >= 11 is 0. The lowest BCUT2D eigenvalue weighted by molar-refractivity contribution is 0.0345. The number of hydrogen-bond acceptors (Lipinski definition) is 3. The molecule has 0 saturated heterocycles. The number of nitrogens with two attached hydrogens (primary N) is 2. The zero-order valence-electron chi connectivity index (χ0n) is 8.03. The average molecular weight is 180 g/mol. The van der Waals surface area contributed by atoms with Crippen LogP contribution in [0, 0.1) is 5.92 Å². The minimum absolute atomic E-state index is 0.0627. The number of rotatable bonds is 3. The Bertz CT molecular complexity index is 257. The zero-order valence-corrected chi connectivity index (χ0v) is 8.03. The van der Waals surface area contributed by atoms with Crippen LogP contribution in [0.2, 0.25) is 0 Å². The molecule has 0 spiro atoms. The van der Waals surface area contributed by atoms with Gasteiger partial charge >= 0.3 is 0 Å². The predicted molar refractivity (Wildman–Crippen MR) is 53.0 cm³/mol. The van der Waals surface area contributed by atoms with Crippen LogP contribution >= 0.6 is 0 Å². The Morgan fingerprint density at radius 2 is 1.69 bits per heavy atom. The lowest BCUT2D eigenvalue weighted by Gasteiger charge is -2.29. The summed E-state index contributed by atoms with van der Waals surface area (Å²) in [5.41, 5.74) is 11.5. The number of hydrogen-bond donors (Lipinski definition) is 2. The van der Waals surface area contributed by atoms with Crippen LogP contribution in [-0.4, -0.2) is 5.85 Å². The topological polar surface area (TPSA) is 61.3 Å². The van der Waals surface area contributed by atoms with Gasteiger partial charge in [-0.25, -0.2) is 0 Å². The van der Waals surface area contributed by atoms with Crippen LogP contribution in [-0.2, 0) is 0 Å². The van der Waals surface area contributed by atoms with Crippen molar-refractivity contribution in [2.45, 2.75) is 19.7 Å². The summed E-state index contributed by atoms with van der Waals surface area (Å²) in [5.74, 6) is -0.338. The minimum Gasteiger partial charge on any atom is -0.460 e. The quantitative estimate of drug-likeness (QED) is 0.689. The predicted octanol–water partition coefficient (Wildman–Crippen LogP) is 1.29. The van der Waals surface area contributed by atoms with Gasteiger partial charge in [0.2, 0.25) is 5.85 Å². The standard InChI is InChI=1S/C10H16N2O/c1-8(2)10(11,12)13-9-6-4-3-5-7-9/h3-8H,11-12H2,1-2H3. The van der Waals surface area contributed by atoms with Crippen LogP contribution in [0.4, 0.5) is 0 Å². The van der Waals surface area contributed by atoms with E-state index < -0.39 is 5.85 Å². The summed E-state index contributed by atoms with van der Waals surface area (Å²) < 4.78 is 5.42. The lowest BCUT2D eigenvalue weighted by atomic mass is 10.1. The molecule has 0 heterocycles. The maximum atomic E-state index is 5.75. The van der Waals surface area contributed by atoms with Gasteiger partial charge in [0.05, 0.1) is 0 Å². The molecule has 1 aromatic carbocycles. The maximum absolute atomic E-state index is 5.75. The van der Waals surface area contributed by atoms with Gasteiger partial charge in [-0.2, -0.15) is 0 Å². The molecule has 3 nitrogen and oxygen atoms in total.